The molecule has 3 aromatic heterocycles. The predicted octanol–water partition coefficient (Wildman–Crippen LogP) is 4.84. The highest BCUT2D eigenvalue weighted by atomic mass is 19.4. The zero-order valence-corrected chi connectivity index (χ0v) is 18.7. The normalized spacial score (nSPS) is 11.4. The zero-order chi connectivity index (χ0) is 25.3. The molecular formula is C24H17F3N8O. The first-order valence-corrected chi connectivity index (χ1v) is 10.6. The number of carbonyl (C=O) groups is 1. The molecule has 0 atom stereocenters. The van der Waals surface area contributed by atoms with Crippen LogP contribution >= 0.6 is 0 Å². The molecule has 36 heavy (non-hydrogen) atoms. The number of halogens is 3. The summed E-state index contributed by atoms with van der Waals surface area (Å²) < 4.78 is 40.8. The Morgan fingerprint density at radius 1 is 1.00 bits per heavy atom. The van der Waals surface area contributed by atoms with Gasteiger partial charge in [0.1, 0.15) is 11.5 Å². The first-order chi connectivity index (χ1) is 17.3. The third-order valence-corrected chi connectivity index (χ3v) is 5.26. The molecule has 12 heteroatoms. The molecule has 0 bridgehead atoms. The summed E-state index contributed by atoms with van der Waals surface area (Å²) >= 11 is 0. The first kappa shape index (κ1) is 22.9. The van der Waals surface area contributed by atoms with Gasteiger partial charge in [0.15, 0.2) is 11.5 Å². The second kappa shape index (κ2) is 9.06. The molecule has 0 aliphatic rings. The highest BCUT2D eigenvalue weighted by Gasteiger charge is 2.30. The van der Waals surface area contributed by atoms with E-state index in [0.717, 1.165) is 12.1 Å². The number of amides is 1. The molecule has 2 N–H and O–H groups in total. The Hall–Kier alpha value is -4.87. The Kier molecular flexibility index (Phi) is 5.76. The lowest BCUT2D eigenvalue weighted by molar-refractivity contribution is -0.137. The molecule has 0 aliphatic heterocycles. The maximum atomic E-state index is 13.1. The van der Waals surface area contributed by atoms with Gasteiger partial charge in [-0.3, -0.25) is 14.5 Å². The summed E-state index contributed by atoms with van der Waals surface area (Å²) in [6.07, 6.45) is 1.64. The topological polar surface area (TPSA) is 111 Å². The van der Waals surface area contributed by atoms with E-state index in [0.29, 0.717) is 34.1 Å². The monoisotopic (exact) mass is 490 g/mol. The van der Waals surface area contributed by atoms with Crippen molar-refractivity contribution in [3.63, 3.8) is 0 Å². The van der Waals surface area contributed by atoms with Crippen LogP contribution in [-0.2, 0) is 13.2 Å². The van der Waals surface area contributed by atoms with E-state index < -0.39 is 17.6 Å². The van der Waals surface area contributed by atoms with E-state index in [4.69, 9.17) is 0 Å². The van der Waals surface area contributed by atoms with Gasteiger partial charge >= 0.3 is 6.18 Å². The number of nitrogens with one attached hydrogen (secondary N) is 2. The highest BCUT2D eigenvalue weighted by Crippen LogP contribution is 2.31. The van der Waals surface area contributed by atoms with Crippen molar-refractivity contribution >= 4 is 34.1 Å². The Labute approximate surface area is 202 Å². The average Bonchev–Trinajstić information content (AvgIpc) is 3.25. The second-order valence-electron chi connectivity index (χ2n) is 7.70. The van der Waals surface area contributed by atoms with Crippen LogP contribution in [-0.4, -0.2) is 35.6 Å². The third kappa shape index (κ3) is 4.56. The van der Waals surface area contributed by atoms with Gasteiger partial charge in [-0.05, 0) is 30.3 Å². The van der Waals surface area contributed by atoms with Crippen LogP contribution < -0.4 is 10.6 Å². The van der Waals surface area contributed by atoms with Crippen molar-refractivity contribution in [2.24, 2.45) is 7.05 Å². The Morgan fingerprint density at radius 2 is 1.83 bits per heavy atom. The van der Waals surface area contributed by atoms with E-state index in [2.05, 4.69) is 35.7 Å². The minimum atomic E-state index is -4.52. The minimum absolute atomic E-state index is 0.0197. The van der Waals surface area contributed by atoms with Crippen LogP contribution in [0.15, 0.2) is 73.3 Å². The smallest absolute Gasteiger partial charge is 0.339 e. The van der Waals surface area contributed by atoms with Gasteiger partial charge < -0.3 is 10.6 Å². The van der Waals surface area contributed by atoms with Crippen molar-refractivity contribution in [1.29, 1.82) is 0 Å². The van der Waals surface area contributed by atoms with Crippen LogP contribution in [0.1, 0.15) is 15.9 Å². The summed E-state index contributed by atoms with van der Waals surface area (Å²) in [5, 5.41) is 10.5. The standard InChI is InChI=1S/C24H17F3N8O/c1-35-22-17(12-30-35)20(33-21(34-22)19-13-28-9-10-29-19)32-18-8-3-2-7-16(18)23(36)31-15-6-4-5-14(11-15)24(25,26)27/h2-13H,1H3,(H,31,36)(H,32,33,34). The number of aryl methyl sites for hydroxylation is 1. The van der Waals surface area contributed by atoms with Gasteiger partial charge in [-0.25, -0.2) is 15.0 Å². The van der Waals surface area contributed by atoms with Gasteiger partial charge in [0.05, 0.1) is 34.6 Å². The molecule has 0 saturated carbocycles. The zero-order valence-electron chi connectivity index (χ0n) is 18.7. The van der Waals surface area contributed by atoms with Gasteiger partial charge in [-0.2, -0.15) is 18.3 Å². The largest absolute Gasteiger partial charge is 0.416 e. The summed E-state index contributed by atoms with van der Waals surface area (Å²) in [7, 11) is 1.73. The number of carbonyl (C=O) groups excluding carboxylic acids is 1. The number of alkyl halides is 3. The van der Waals surface area contributed by atoms with E-state index >= 15 is 0 Å². The van der Waals surface area contributed by atoms with Crippen LogP contribution in [0.2, 0.25) is 0 Å². The number of hydrogen-bond acceptors (Lipinski definition) is 7. The second-order valence-corrected chi connectivity index (χ2v) is 7.70. The van der Waals surface area contributed by atoms with E-state index in [9.17, 15) is 18.0 Å². The molecule has 1 amide bonds. The Bertz CT molecular complexity index is 1570. The van der Waals surface area contributed by atoms with Gasteiger partial charge in [-0.15, -0.1) is 0 Å². The van der Waals surface area contributed by atoms with Crippen LogP contribution in [0.5, 0.6) is 0 Å². The lowest BCUT2D eigenvalue weighted by atomic mass is 10.1. The number of para-hydroxylation sites is 1. The number of nitrogens with zero attached hydrogens (tertiary/aromatic N) is 6. The van der Waals surface area contributed by atoms with E-state index in [-0.39, 0.29) is 11.3 Å². The number of benzene rings is 2. The number of anilines is 3. The minimum Gasteiger partial charge on any atom is -0.339 e. The van der Waals surface area contributed by atoms with Crippen LogP contribution in [0.25, 0.3) is 22.6 Å². The van der Waals surface area contributed by atoms with Gasteiger partial charge in [0, 0.05) is 25.1 Å². The lowest BCUT2D eigenvalue weighted by Crippen LogP contribution is -2.15. The SMILES string of the molecule is Cn1ncc2c(Nc3ccccc3C(=O)Nc3cccc(C(F)(F)F)c3)nc(-c3cnccn3)nc21. The van der Waals surface area contributed by atoms with E-state index in [1.54, 1.807) is 42.2 Å². The van der Waals surface area contributed by atoms with Gasteiger partial charge in [0.25, 0.3) is 5.91 Å². The molecule has 5 aromatic rings. The Balaban J connectivity index is 1.50. The fourth-order valence-corrected chi connectivity index (χ4v) is 3.54. The molecule has 0 fully saturated rings. The summed E-state index contributed by atoms with van der Waals surface area (Å²) in [6.45, 7) is 0. The number of rotatable bonds is 5. The molecule has 0 saturated heterocycles. The molecule has 2 aromatic carbocycles. The van der Waals surface area contributed by atoms with Gasteiger partial charge in [0.2, 0.25) is 0 Å². The molecule has 3 heterocycles. The van der Waals surface area contributed by atoms with Crippen molar-refractivity contribution in [2.75, 3.05) is 10.6 Å². The molecule has 0 spiro atoms. The molecule has 5 rings (SSSR count). The highest BCUT2D eigenvalue weighted by molar-refractivity contribution is 6.09. The summed E-state index contributed by atoms with van der Waals surface area (Å²) in [6, 6.07) is 11.0. The summed E-state index contributed by atoms with van der Waals surface area (Å²) in [4.78, 5) is 30.4. The molecule has 9 nitrogen and oxygen atoms in total. The molecule has 0 aliphatic carbocycles. The van der Waals surface area contributed by atoms with E-state index in [1.165, 1.54) is 30.7 Å². The molecule has 0 radical (unpaired) electrons. The van der Waals surface area contributed by atoms with Crippen molar-refractivity contribution in [3.05, 3.63) is 84.4 Å². The quantitative estimate of drug-likeness (QED) is 0.363. The number of aromatic nitrogens is 6. The molecule has 180 valence electrons. The van der Waals surface area contributed by atoms with Crippen molar-refractivity contribution in [2.45, 2.75) is 6.18 Å². The maximum Gasteiger partial charge on any atom is 0.416 e. The summed E-state index contributed by atoms with van der Waals surface area (Å²) in [5.74, 6) is 0.0729. The number of hydrogen-bond donors (Lipinski definition) is 2. The van der Waals surface area contributed by atoms with Crippen LogP contribution in [0.3, 0.4) is 0 Å². The van der Waals surface area contributed by atoms with E-state index in [1.807, 2.05) is 0 Å². The van der Waals surface area contributed by atoms with Gasteiger partial charge in [-0.1, -0.05) is 18.2 Å². The van der Waals surface area contributed by atoms with Crippen LogP contribution in [0.4, 0.5) is 30.4 Å². The third-order valence-electron chi connectivity index (χ3n) is 5.26. The van der Waals surface area contributed by atoms with Crippen molar-refractivity contribution < 1.29 is 18.0 Å². The number of fused-ring (bicyclic) bond motifs is 1. The molecule has 0 unspecified atom stereocenters. The van der Waals surface area contributed by atoms with Crippen LogP contribution in [0, 0.1) is 0 Å². The average molecular weight is 490 g/mol. The Morgan fingerprint density at radius 3 is 2.61 bits per heavy atom. The summed E-state index contributed by atoms with van der Waals surface area (Å²) in [5.41, 5.74) is 0.718. The maximum absolute atomic E-state index is 13.1. The fourth-order valence-electron chi connectivity index (χ4n) is 3.54. The first-order valence-electron chi connectivity index (χ1n) is 10.6. The molecular weight excluding hydrogens is 473 g/mol. The van der Waals surface area contributed by atoms with Crippen molar-refractivity contribution in [1.82, 2.24) is 29.7 Å². The lowest BCUT2D eigenvalue weighted by Gasteiger charge is -2.14. The van der Waals surface area contributed by atoms with Crippen molar-refractivity contribution in [3.8, 4) is 11.5 Å². The fraction of sp³-hybridized carbons (Fsp3) is 0.0833. The predicted molar refractivity (Wildman–Crippen MR) is 126 cm³/mol.